The number of ether oxygens (including phenoxy) is 1. The van der Waals surface area contributed by atoms with Gasteiger partial charge in [-0.1, -0.05) is 6.07 Å². The number of pyridine rings is 1. The first-order chi connectivity index (χ1) is 12.9. The standard InChI is InChI=1S/C18H21N3O5S/c1-3-20-17(22)18(23)21-12-16(13-5-4-10-19-11-13)27(24,25)15-8-6-14(26-2)7-9-15/h4-11,16H,3,12H2,1-2H3,(H,20,22)(H,21,23)/t16-/m0/s1. The molecule has 2 amide bonds. The van der Waals surface area contributed by atoms with E-state index in [0.717, 1.165) is 0 Å². The largest absolute Gasteiger partial charge is 0.497 e. The quantitative estimate of drug-likeness (QED) is 0.677. The molecule has 1 aromatic heterocycles. The van der Waals surface area contributed by atoms with Crippen LogP contribution in [-0.2, 0) is 19.4 Å². The summed E-state index contributed by atoms with van der Waals surface area (Å²) in [5.41, 5.74) is 0.407. The van der Waals surface area contributed by atoms with Crippen LogP contribution in [0.2, 0.25) is 0 Å². The smallest absolute Gasteiger partial charge is 0.309 e. The summed E-state index contributed by atoms with van der Waals surface area (Å²) in [5, 5.41) is 3.65. The molecule has 0 bridgehead atoms. The maximum Gasteiger partial charge on any atom is 0.309 e. The second kappa shape index (κ2) is 9.13. The number of hydrogen-bond acceptors (Lipinski definition) is 6. The molecular weight excluding hydrogens is 370 g/mol. The Labute approximate surface area is 157 Å². The third-order valence-electron chi connectivity index (χ3n) is 3.81. The average Bonchev–Trinajstić information content (AvgIpc) is 2.68. The Kier molecular flexibility index (Phi) is 6.89. The molecule has 144 valence electrons. The van der Waals surface area contributed by atoms with E-state index in [0.29, 0.717) is 17.9 Å². The lowest BCUT2D eigenvalue weighted by atomic mass is 10.2. The lowest BCUT2D eigenvalue weighted by Gasteiger charge is -2.18. The summed E-state index contributed by atoms with van der Waals surface area (Å²) in [4.78, 5) is 27.5. The van der Waals surface area contributed by atoms with E-state index < -0.39 is 26.9 Å². The molecule has 2 N–H and O–H groups in total. The van der Waals surface area contributed by atoms with Crippen LogP contribution in [0.25, 0.3) is 0 Å². The predicted molar refractivity (Wildman–Crippen MR) is 98.9 cm³/mol. The fourth-order valence-corrected chi connectivity index (χ4v) is 4.05. The van der Waals surface area contributed by atoms with E-state index in [9.17, 15) is 18.0 Å². The maximum absolute atomic E-state index is 13.1. The van der Waals surface area contributed by atoms with E-state index in [1.54, 1.807) is 31.2 Å². The third-order valence-corrected chi connectivity index (χ3v) is 5.93. The molecule has 1 heterocycles. The summed E-state index contributed by atoms with van der Waals surface area (Å²) >= 11 is 0. The number of likely N-dealkylation sites (N-methyl/N-ethyl adjacent to an activating group) is 1. The normalized spacial score (nSPS) is 12.1. The first-order valence-corrected chi connectivity index (χ1v) is 9.78. The van der Waals surface area contributed by atoms with Crippen molar-refractivity contribution in [3.05, 3.63) is 54.4 Å². The average molecular weight is 391 g/mol. The summed E-state index contributed by atoms with van der Waals surface area (Å²) in [7, 11) is -2.37. The lowest BCUT2D eigenvalue weighted by Crippen LogP contribution is -2.42. The lowest BCUT2D eigenvalue weighted by molar-refractivity contribution is -0.139. The molecule has 0 saturated carbocycles. The van der Waals surface area contributed by atoms with E-state index in [2.05, 4.69) is 15.6 Å². The number of sulfone groups is 1. The molecule has 0 spiro atoms. The molecule has 0 unspecified atom stereocenters. The van der Waals surface area contributed by atoms with Crippen LogP contribution in [0.4, 0.5) is 0 Å². The number of nitrogens with one attached hydrogen (secondary N) is 2. The van der Waals surface area contributed by atoms with Gasteiger partial charge in [-0.15, -0.1) is 0 Å². The number of rotatable bonds is 7. The van der Waals surface area contributed by atoms with Crippen molar-refractivity contribution in [2.45, 2.75) is 17.1 Å². The van der Waals surface area contributed by atoms with Crippen molar-refractivity contribution in [2.24, 2.45) is 0 Å². The predicted octanol–water partition coefficient (Wildman–Crippen LogP) is 0.857. The molecule has 0 radical (unpaired) electrons. The number of hydrogen-bond donors (Lipinski definition) is 2. The minimum Gasteiger partial charge on any atom is -0.497 e. The maximum atomic E-state index is 13.1. The van der Waals surface area contributed by atoms with Crippen molar-refractivity contribution in [1.29, 1.82) is 0 Å². The SMILES string of the molecule is CCNC(=O)C(=O)NC[C@@H](c1cccnc1)S(=O)(=O)c1ccc(OC)cc1. The van der Waals surface area contributed by atoms with Crippen molar-refractivity contribution in [3.8, 4) is 5.75 Å². The summed E-state index contributed by atoms with van der Waals surface area (Å²) in [6, 6.07) is 9.17. The van der Waals surface area contributed by atoms with Gasteiger partial charge in [-0.3, -0.25) is 14.6 Å². The second-order valence-electron chi connectivity index (χ2n) is 5.57. The minimum absolute atomic E-state index is 0.0735. The van der Waals surface area contributed by atoms with Gasteiger partial charge in [0.1, 0.15) is 11.0 Å². The van der Waals surface area contributed by atoms with Gasteiger partial charge >= 0.3 is 11.8 Å². The van der Waals surface area contributed by atoms with E-state index in [-0.39, 0.29) is 11.4 Å². The number of carbonyl (C=O) groups excluding carboxylic acids is 2. The van der Waals surface area contributed by atoms with Gasteiger partial charge in [0.15, 0.2) is 9.84 Å². The number of benzene rings is 1. The molecule has 2 aromatic rings. The number of aromatic nitrogens is 1. The van der Waals surface area contributed by atoms with Gasteiger partial charge in [0.05, 0.1) is 12.0 Å². The first-order valence-electron chi connectivity index (χ1n) is 8.24. The fraction of sp³-hybridized carbons (Fsp3) is 0.278. The van der Waals surface area contributed by atoms with Gasteiger partial charge in [0, 0.05) is 25.5 Å². The van der Waals surface area contributed by atoms with Crippen molar-refractivity contribution >= 4 is 21.7 Å². The van der Waals surface area contributed by atoms with Crippen LogP contribution in [0.3, 0.4) is 0 Å². The Bertz CT molecular complexity index is 883. The number of methoxy groups -OCH3 is 1. The van der Waals surface area contributed by atoms with Crippen LogP contribution in [-0.4, -0.2) is 45.4 Å². The van der Waals surface area contributed by atoms with Crippen molar-refractivity contribution in [2.75, 3.05) is 20.2 Å². The molecule has 9 heteroatoms. The van der Waals surface area contributed by atoms with Crippen LogP contribution in [0.15, 0.2) is 53.7 Å². The van der Waals surface area contributed by atoms with Gasteiger partial charge in [0.2, 0.25) is 0 Å². The molecule has 0 aliphatic carbocycles. The second-order valence-corrected chi connectivity index (χ2v) is 7.70. The highest BCUT2D eigenvalue weighted by atomic mass is 32.2. The van der Waals surface area contributed by atoms with Crippen LogP contribution >= 0.6 is 0 Å². The first kappa shape index (κ1) is 20.4. The molecule has 8 nitrogen and oxygen atoms in total. The Morgan fingerprint density at radius 2 is 1.78 bits per heavy atom. The summed E-state index contributed by atoms with van der Waals surface area (Å²) < 4.78 is 31.3. The monoisotopic (exact) mass is 391 g/mol. The Hall–Kier alpha value is -2.94. The minimum atomic E-state index is -3.85. The number of nitrogens with zero attached hydrogens (tertiary/aromatic N) is 1. The summed E-state index contributed by atoms with van der Waals surface area (Å²) in [6.45, 7) is 1.70. The number of amides is 2. The Morgan fingerprint density at radius 3 is 2.33 bits per heavy atom. The van der Waals surface area contributed by atoms with Crippen LogP contribution < -0.4 is 15.4 Å². The van der Waals surface area contributed by atoms with Gasteiger partial charge in [-0.05, 0) is 42.8 Å². The van der Waals surface area contributed by atoms with E-state index in [1.807, 2.05) is 0 Å². The van der Waals surface area contributed by atoms with E-state index in [4.69, 9.17) is 4.74 Å². The summed E-state index contributed by atoms with van der Waals surface area (Å²) in [6.07, 6.45) is 2.94. The van der Waals surface area contributed by atoms with Gasteiger partial charge < -0.3 is 15.4 Å². The Balaban J connectivity index is 2.31. The van der Waals surface area contributed by atoms with Gasteiger partial charge in [-0.25, -0.2) is 8.42 Å². The molecule has 1 atom stereocenters. The molecule has 0 aliphatic rings. The zero-order chi connectivity index (χ0) is 19.9. The topological polar surface area (TPSA) is 114 Å². The van der Waals surface area contributed by atoms with Gasteiger partial charge in [0.25, 0.3) is 0 Å². The highest BCUT2D eigenvalue weighted by Gasteiger charge is 2.30. The van der Waals surface area contributed by atoms with Crippen molar-refractivity contribution in [1.82, 2.24) is 15.6 Å². The third kappa shape index (κ3) is 5.04. The molecule has 0 saturated heterocycles. The zero-order valence-electron chi connectivity index (χ0n) is 15.0. The zero-order valence-corrected chi connectivity index (χ0v) is 15.8. The molecule has 27 heavy (non-hydrogen) atoms. The van der Waals surface area contributed by atoms with Crippen molar-refractivity contribution in [3.63, 3.8) is 0 Å². The highest BCUT2D eigenvalue weighted by Crippen LogP contribution is 2.29. The molecule has 1 aromatic carbocycles. The molecule has 2 rings (SSSR count). The van der Waals surface area contributed by atoms with E-state index in [1.165, 1.54) is 31.6 Å². The van der Waals surface area contributed by atoms with Crippen LogP contribution in [0.5, 0.6) is 5.75 Å². The Morgan fingerprint density at radius 1 is 1.11 bits per heavy atom. The molecule has 0 aliphatic heterocycles. The highest BCUT2D eigenvalue weighted by molar-refractivity contribution is 7.91. The number of carbonyl (C=O) groups is 2. The molecule has 0 fully saturated rings. The fourth-order valence-electron chi connectivity index (χ4n) is 2.41. The van der Waals surface area contributed by atoms with Crippen molar-refractivity contribution < 1.29 is 22.7 Å². The van der Waals surface area contributed by atoms with E-state index >= 15 is 0 Å². The molecular formula is C18H21N3O5S. The summed E-state index contributed by atoms with van der Waals surface area (Å²) in [5.74, 6) is -1.18. The van der Waals surface area contributed by atoms with Gasteiger partial charge in [-0.2, -0.15) is 0 Å². The van der Waals surface area contributed by atoms with Crippen LogP contribution in [0, 0.1) is 0 Å². The van der Waals surface area contributed by atoms with Crippen LogP contribution in [0.1, 0.15) is 17.7 Å².